The highest BCUT2D eigenvalue weighted by Crippen LogP contribution is 2.44. The summed E-state index contributed by atoms with van der Waals surface area (Å²) in [5, 5.41) is 22.1. The molecule has 2 saturated heterocycles. The van der Waals surface area contributed by atoms with Crippen molar-refractivity contribution in [1.82, 2.24) is 10.2 Å². The van der Waals surface area contributed by atoms with E-state index >= 15 is 0 Å². The van der Waals surface area contributed by atoms with Gasteiger partial charge >= 0.3 is 12.1 Å². The number of likely N-dealkylation sites (tertiary alicyclic amines) is 1. The van der Waals surface area contributed by atoms with Crippen molar-refractivity contribution >= 4 is 18.0 Å². The number of fused-ring (bicyclic) bond motifs is 3. The fourth-order valence-electron chi connectivity index (χ4n) is 5.32. The van der Waals surface area contributed by atoms with Crippen LogP contribution in [0.1, 0.15) is 29.9 Å². The third-order valence-electron chi connectivity index (χ3n) is 7.27. The van der Waals surface area contributed by atoms with Gasteiger partial charge in [-0.1, -0.05) is 48.5 Å². The molecule has 2 amide bonds. The third-order valence-corrected chi connectivity index (χ3v) is 7.27. The van der Waals surface area contributed by atoms with E-state index in [0.29, 0.717) is 13.0 Å². The lowest BCUT2D eigenvalue weighted by atomic mass is 9.98. The summed E-state index contributed by atoms with van der Waals surface area (Å²) in [6, 6.07) is 16.2. The number of carbonyl (C=O) groups is 3. The number of carboxylic acid groups (broad SMARTS) is 1. The van der Waals surface area contributed by atoms with E-state index < -0.39 is 23.8 Å². The average molecular weight is 481 g/mol. The van der Waals surface area contributed by atoms with E-state index in [1.54, 1.807) is 0 Å². The van der Waals surface area contributed by atoms with Crippen LogP contribution < -0.4 is 5.32 Å². The maximum atomic E-state index is 12.9. The van der Waals surface area contributed by atoms with Crippen LogP contribution in [0.5, 0.6) is 0 Å². The second-order valence-electron chi connectivity index (χ2n) is 9.39. The van der Waals surface area contributed by atoms with Crippen molar-refractivity contribution in [3.63, 3.8) is 0 Å². The van der Waals surface area contributed by atoms with Crippen LogP contribution in [0.2, 0.25) is 0 Å². The Morgan fingerprint density at radius 2 is 1.74 bits per heavy atom. The Morgan fingerprint density at radius 3 is 2.37 bits per heavy atom. The largest absolute Gasteiger partial charge is 0.479 e. The van der Waals surface area contributed by atoms with E-state index in [1.165, 1.54) is 4.90 Å². The van der Waals surface area contributed by atoms with E-state index in [-0.39, 0.29) is 50.4 Å². The Hall–Kier alpha value is -3.43. The number of carbonyl (C=O) groups excluding carboxylic acids is 2. The molecule has 2 aromatic rings. The van der Waals surface area contributed by atoms with E-state index in [0.717, 1.165) is 22.3 Å². The van der Waals surface area contributed by atoms with Crippen LogP contribution in [0.25, 0.3) is 11.1 Å². The highest BCUT2D eigenvalue weighted by molar-refractivity contribution is 5.85. The number of ether oxygens (including phenoxy) is 2. The number of amides is 2. The van der Waals surface area contributed by atoms with Crippen LogP contribution in [0.15, 0.2) is 48.5 Å². The predicted molar refractivity (Wildman–Crippen MR) is 125 cm³/mol. The van der Waals surface area contributed by atoms with Crippen molar-refractivity contribution in [2.75, 3.05) is 32.8 Å². The lowest BCUT2D eigenvalue weighted by Crippen LogP contribution is -2.47. The number of alkyl carbamates (subject to hydrolysis) is 1. The first-order valence-corrected chi connectivity index (χ1v) is 11.8. The molecule has 0 aromatic heterocycles. The van der Waals surface area contributed by atoms with Crippen LogP contribution in [-0.2, 0) is 19.1 Å². The number of β-amino-alcohol motifs (C(OH)–C–C–N with tert-alkyl or cyclic N) is 1. The fourth-order valence-corrected chi connectivity index (χ4v) is 5.32. The molecule has 9 nitrogen and oxygen atoms in total. The predicted octanol–water partition coefficient (Wildman–Crippen LogP) is 1.98. The minimum absolute atomic E-state index is 0.0243. The highest BCUT2D eigenvalue weighted by atomic mass is 16.5. The first kappa shape index (κ1) is 23.3. The minimum atomic E-state index is -1.93. The van der Waals surface area contributed by atoms with Gasteiger partial charge in [-0.3, -0.25) is 4.79 Å². The summed E-state index contributed by atoms with van der Waals surface area (Å²) in [6.07, 6.45) is -0.799. The number of nitrogens with one attached hydrogen (secondary N) is 1. The third kappa shape index (κ3) is 4.37. The van der Waals surface area contributed by atoms with Crippen molar-refractivity contribution in [3.8, 4) is 11.1 Å². The lowest BCUT2D eigenvalue weighted by Gasteiger charge is -2.25. The quantitative estimate of drug-likeness (QED) is 0.577. The van der Waals surface area contributed by atoms with E-state index in [9.17, 15) is 24.6 Å². The first-order chi connectivity index (χ1) is 16.9. The number of hydrogen-bond donors (Lipinski definition) is 3. The van der Waals surface area contributed by atoms with Crippen LogP contribution in [-0.4, -0.2) is 77.6 Å². The van der Waals surface area contributed by atoms with Crippen molar-refractivity contribution in [2.24, 2.45) is 5.92 Å². The summed E-state index contributed by atoms with van der Waals surface area (Å²) >= 11 is 0. The molecule has 2 fully saturated rings. The van der Waals surface area contributed by atoms with Crippen LogP contribution in [0, 0.1) is 5.92 Å². The smallest absolute Gasteiger partial charge is 0.407 e. The number of hydrogen-bond acceptors (Lipinski definition) is 6. The molecule has 2 aromatic carbocycles. The molecule has 3 aliphatic rings. The van der Waals surface area contributed by atoms with Gasteiger partial charge in [0.15, 0.2) is 5.60 Å². The number of benzene rings is 2. The van der Waals surface area contributed by atoms with Crippen molar-refractivity contribution in [3.05, 3.63) is 59.7 Å². The van der Waals surface area contributed by atoms with E-state index in [4.69, 9.17) is 9.47 Å². The zero-order chi connectivity index (χ0) is 24.6. The Labute approximate surface area is 202 Å². The Bertz CT molecular complexity index is 1110. The molecule has 0 saturated carbocycles. The molecule has 3 N–H and O–H groups in total. The summed E-state index contributed by atoms with van der Waals surface area (Å²) < 4.78 is 11.2. The molecule has 1 aliphatic carbocycles. The van der Waals surface area contributed by atoms with E-state index in [2.05, 4.69) is 29.6 Å². The SMILES string of the molecule is O=C(NCC1CCOC1C(=O)N1CCC(O)(C(=O)O)C1)OCC1c2ccccc2-c2ccccc21. The Balaban J connectivity index is 1.15. The molecule has 5 rings (SSSR count). The summed E-state index contributed by atoms with van der Waals surface area (Å²) in [7, 11) is 0. The molecule has 9 heteroatoms. The normalized spacial score (nSPS) is 25.2. The van der Waals surface area contributed by atoms with Gasteiger partial charge in [-0.15, -0.1) is 0 Å². The Morgan fingerprint density at radius 1 is 1.09 bits per heavy atom. The molecule has 3 atom stereocenters. The first-order valence-electron chi connectivity index (χ1n) is 11.8. The number of carboxylic acids is 1. The molecule has 3 unspecified atom stereocenters. The van der Waals surface area contributed by atoms with E-state index in [1.807, 2.05) is 24.3 Å². The van der Waals surface area contributed by atoms with Gasteiger partial charge < -0.3 is 29.9 Å². The van der Waals surface area contributed by atoms with Crippen LogP contribution in [0.4, 0.5) is 4.79 Å². The molecule has 184 valence electrons. The fraction of sp³-hybridized carbons (Fsp3) is 0.423. The number of nitrogens with zero attached hydrogens (tertiary/aromatic N) is 1. The summed E-state index contributed by atoms with van der Waals surface area (Å²) in [5.74, 6) is -2.01. The zero-order valence-corrected chi connectivity index (χ0v) is 19.2. The molecule has 2 heterocycles. The van der Waals surface area contributed by atoms with Gasteiger partial charge in [0.1, 0.15) is 12.7 Å². The maximum absolute atomic E-state index is 12.9. The molecule has 0 radical (unpaired) electrons. The molecule has 2 aliphatic heterocycles. The summed E-state index contributed by atoms with van der Waals surface area (Å²) in [4.78, 5) is 38.0. The summed E-state index contributed by atoms with van der Waals surface area (Å²) in [6.45, 7) is 0.640. The lowest BCUT2D eigenvalue weighted by molar-refractivity contribution is -0.158. The van der Waals surface area contributed by atoms with Crippen molar-refractivity contribution < 1.29 is 34.1 Å². The van der Waals surface area contributed by atoms with Gasteiger partial charge in [-0.2, -0.15) is 0 Å². The van der Waals surface area contributed by atoms with Gasteiger partial charge in [-0.05, 0) is 28.7 Å². The standard InChI is InChI=1S/C26H28N2O7/c29-23(28-11-10-26(33,15-28)24(30)31)22-16(9-12-34-22)13-27-25(32)35-14-21-19-7-3-1-5-17(19)18-6-2-4-8-20(18)21/h1-8,16,21-22,33H,9-15H2,(H,27,32)(H,30,31). The highest BCUT2D eigenvalue weighted by Gasteiger charge is 2.47. The molecule has 35 heavy (non-hydrogen) atoms. The molecule has 0 bridgehead atoms. The van der Waals surface area contributed by atoms with Crippen LogP contribution in [0.3, 0.4) is 0 Å². The van der Waals surface area contributed by atoms with Crippen LogP contribution >= 0.6 is 0 Å². The summed E-state index contributed by atoms with van der Waals surface area (Å²) in [5.41, 5.74) is 2.63. The van der Waals surface area contributed by atoms with Gasteiger partial charge in [0.2, 0.25) is 0 Å². The molecular formula is C26H28N2O7. The number of rotatable bonds is 6. The average Bonchev–Trinajstić information content (AvgIpc) is 3.57. The maximum Gasteiger partial charge on any atom is 0.407 e. The second kappa shape index (κ2) is 9.31. The van der Waals surface area contributed by atoms with Gasteiger partial charge in [0.25, 0.3) is 5.91 Å². The topological polar surface area (TPSA) is 125 Å². The zero-order valence-electron chi connectivity index (χ0n) is 19.2. The molecular weight excluding hydrogens is 452 g/mol. The van der Waals surface area contributed by atoms with Gasteiger partial charge in [-0.25, -0.2) is 9.59 Å². The van der Waals surface area contributed by atoms with Gasteiger partial charge in [0, 0.05) is 38.0 Å². The monoisotopic (exact) mass is 480 g/mol. The number of aliphatic carboxylic acids is 1. The Kier molecular flexibility index (Phi) is 6.21. The van der Waals surface area contributed by atoms with Crippen molar-refractivity contribution in [1.29, 1.82) is 0 Å². The molecule has 0 spiro atoms. The number of aliphatic hydroxyl groups is 1. The minimum Gasteiger partial charge on any atom is -0.479 e. The van der Waals surface area contributed by atoms with Gasteiger partial charge in [0.05, 0.1) is 6.54 Å². The van der Waals surface area contributed by atoms with Crippen molar-refractivity contribution in [2.45, 2.75) is 30.5 Å². The second-order valence-corrected chi connectivity index (χ2v) is 9.39.